The molecule has 0 bridgehead atoms. The highest BCUT2D eigenvalue weighted by molar-refractivity contribution is 4.87. The van der Waals surface area contributed by atoms with Crippen molar-refractivity contribution >= 4 is 0 Å². The molecule has 0 amide bonds. The summed E-state index contributed by atoms with van der Waals surface area (Å²) in [6.45, 7) is 10.7. The van der Waals surface area contributed by atoms with Gasteiger partial charge in [0.25, 0.3) is 0 Å². The molecule has 1 atom stereocenters. The van der Waals surface area contributed by atoms with E-state index in [0.717, 1.165) is 6.42 Å². The second-order valence-electron chi connectivity index (χ2n) is 6.34. The first-order valence-electron chi connectivity index (χ1n) is 8.98. The van der Waals surface area contributed by atoms with Gasteiger partial charge in [0.1, 0.15) is 0 Å². The van der Waals surface area contributed by atoms with Crippen LogP contribution in [0.5, 0.6) is 0 Å². The Balaban J connectivity index is 3.78. The monoisotopic (exact) mass is 297 g/mol. The normalized spacial score (nSPS) is 13.9. The van der Waals surface area contributed by atoms with Gasteiger partial charge in [-0.25, -0.2) is 5.43 Å². The number of nitrogens with zero attached hydrogens (tertiary/aromatic N) is 1. The van der Waals surface area contributed by atoms with E-state index in [1.54, 1.807) is 0 Å². The Labute approximate surface area is 133 Å². The quantitative estimate of drug-likeness (QED) is 0.323. The maximum Gasteiger partial charge on any atom is 0.0539 e. The third-order valence-corrected chi connectivity index (χ3v) is 4.58. The molecule has 0 rings (SSSR count). The number of rotatable bonds is 15. The van der Waals surface area contributed by atoms with Gasteiger partial charge in [0.15, 0.2) is 0 Å². The SMILES string of the molecule is C=CN(NNC)C(C)(CC)CCCCCCCCCCC. The number of nitrogens with one attached hydrogen (secondary N) is 2. The van der Waals surface area contributed by atoms with E-state index in [9.17, 15) is 0 Å². The summed E-state index contributed by atoms with van der Waals surface area (Å²) in [5, 5.41) is 2.11. The highest BCUT2D eigenvalue weighted by Crippen LogP contribution is 2.25. The van der Waals surface area contributed by atoms with Crippen molar-refractivity contribution in [3.8, 4) is 0 Å². The molecule has 0 aliphatic heterocycles. The maximum atomic E-state index is 3.91. The van der Waals surface area contributed by atoms with Gasteiger partial charge in [0.05, 0.1) is 5.54 Å². The van der Waals surface area contributed by atoms with Gasteiger partial charge in [-0.1, -0.05) is 78.2 Å². The predicted molar refractivity (Wildman–Crippen MR) is 94.8 cm³/mol. The van der Waals surface area contributed by atoms with Crippen LogP contribution in [0.15, 0.2) is 12.8 Å². The third-order valence-electron chi connectivity index (χ3n) is 4.58. The van der Waals surface area contributed by atoms with E-state index < -0.39 is 0 Å². The predicted octanol–water partition coefficient (Wildman–Crippen LogP) is 5.16. The smallest absolute Gasteiger partial charge is 0.0539 e. The molecule has 0 aromatic heterocycles. The van der Waals surface area contributed by atoms with E-state index in [4.69, 9.17) is 0 Å². The zero-order chi connectivity index (χ0) is 16.0. The topological polar surface area (TPSA) is 27.3 Å². The van der Waals surface area contributed by atoms with Gasteiger partial charge in [0.2, 0.25) is 0 Å². The van der Waals surface area contributed by atoms with Gasteiger partial charge >= 0.3 is 0 Å². The molecule has 0 spiro atoms. The zero-order valence-electron chi connectivity index (χ0n) is 15.0. The molecule has 0 saturated heterocycles. The molecular formula is C18H39N3. The summed E-state index contributed by atoms with van der Waals surface area (Å²) in [6, 6.07) is 0. The molecule has 0 aromatic carbocycles. The summed E-state index contributed by atoms with van der Waals surface area (Å²) in [5.74, 6) is 0. The molecule has 0 radical (unpaired) electrons. The molecule has 21 heavy (non-hydrogen) atoms. The Bertz CT molecular complexity index is 243. The van der Waals surface area contributed by atoms with E-state index in [2.05, 4.69) is 43.3 Å². The van der Waals surface area contributed by atoms with Crippen LogP contribution in [0.2, 0.25) is 0 Å². The molecule has 3 nitrogen and oxygen atoms in total. The zero-order valence-corrected chi connectivity index (χ0v) is 15.0. The minimum atomic E-state index is 0.145. The third kappa shape index (κ3) is 9.15. The molecule has 0 fully saturated rings. The highest BCUT2D eigenvalue weighted by atomic mass is 15.7. The van der Waals surface area contributed by atoms with Crippen molar-refractivity contribution in [3.05, 3.63) is 12.8 Å². The van der Waals surface area contributed by atoms with Gasteiger partial charge in [-0.05, 0) is 19.8 Å². The second-order valence-corrected chi connectivity index (χ2v) is 6.34. The molecular weight excluding hydrogens is 258 g/mol. The first-order valence-corrected chi connectivity index (χ1v) is 8.98. The molecule has 2 N–H and O–H groups in total. The average molecular weight is 298 g/mol. The molecule has 3 heteroatoms. The Morgan fingerprint density at radius 2 is 1.48 bits per heavy atom. The number of unbranched alkanes of at least 4 members (excludes halogenated alkanes) is 8. The van der Waals surface area contributed by atoms with Crippen LogP contribution in [-0.4, -0.2) is 17.6 Å². The van der Waals surface area contributed by atoms with E-state index in [1.807, 2.05) is 13.2 Å². The minimum Gasteiger partial charge on any atom is -0.297 e. The Morgan fingerprint density at radius 3 is 1.90 bits per heavy atom. The van der Waals surface area contributed by atoms with Crippen molar-refractivity contribution in [2.24, 2.45) is 0 Å². The number of hydrogen-bond acceptors (Lipinski definition) is 3. The Morgan fingerprint density at radius 1 is 0.952 bits per heavy atom. The van der Waals surface area contributed by atoms with Crippen LogP contribution in [0, 0.1) is 0 Å². The minimum absolute atomic E-state index is 0.145. The van der Waals surface area contributed by atoms with Gasteiger partial charge in [0, 0.05) is 13.2 Å². The second kappa shape index (κ2) is 13.1. The van der Waals surface area contributed by atoms with Crippen molar-refractivity contribution in [1.29, 1.82) is 0 Å². The molecule has 0 aromatic rings. The van der Waals surface area contributed by atoms with Crippen LogP contribution in [0.25, 0.3) is 0 Å². The molecule has 0 saturated carbocycles. The maximum absolute atomic E-state index is 3.91. The fourth-order valence-electron chi connectivity index (χ4n) is 2.81. The van der Waals surface area contributed by atoms with Crippen LogP contribution in [0.1, 0.15) is 91.4 Å². The summed E-state index contributed by atoms with van der Waals surface area (Å²) >= 11 is 0. The van der Waals surface area contributed by atoms with Crippen molar-refractivity contribution in [1.82, 2.24) is 16.0 Å². The molecule has 1 unspecified atom stereocenters. The lowest BCUT2D eigenvalue weighted by Gasteiger charge is -2.40. The van der Waals surface area contributed by atoms with Crippen LogP contribution < -0.4 is 11.0 Å². The van der Waals surface area contributed by atoms with Crippen LogP contribution in [0.3, 0.4) is 0 Å². The molecule has 0 heterocycles. The number of hydrazine groups is 2. The van der Waals surface area contributed by atoms with Gasteiger partial charge in [-0.2, -0.15) is 5.53 Å². The largest absolute Gasteiger partial charge is 0.297 e. The fourth-order valence-corrected chi connectivity index (χ4v) is 2.81. The number of hydrogen-bond donors (Lipinski definition) is 2. The van der Waals surface area contributed by atoms with Crippen molar-refractivity contribution in [2.45, 2.75) is 96.9 Å². The van der Waals surface area contributed by atoms with Gasteiger partial charge in [-0.15, -0.1) is 0 Å². The van der Waals surface area contributed by atoms with E-state index in [-0.39, 0.29) is 5.54 Å². The first kappa shape index (κ1) is 20.5. The van der Waals surface area contributed by atoms with E-state index >= 15 is 0 Å². The Hall–Kier alpha value is -0.540. The van der Waals surface area contributed by atoms with Gasteiger partial charge < -0.3 is 0 Å². The summed E-state index contributed by atoms with van der Waals surface area (Å²) in [7, 11) is 1.89. The average Bonchev–Trinajstić information content (AvgIpc) is 2.50. The van der Waals surface area contributed by atoms with Crippen LogP contribution >= 0.6 is 0 Å². The van der Waals surface area contributed by atoms with E-state index in [1.165, 1.54) is 64.2 Å². The molecule has 0 aliphatic carbocycles. The standard InChI is InChI=1S/C18H39N3/c1-6-9-10-11-12-13-14-15-16-17-18(4,7-2)21(8-3)20-19-5/h8,19-20H,3,6-7,9-17H2,1-2,4-5H3. The van der Waals surface area contributed by atoms with Crippen LogP contribution in [-0.2, 0) is 0 Å². The lowest BCUT2D eigenvalue weighted by molar-refractivity contribution is 0.0706. The molecule has 126 valence electrons. The Kier molecular flexibility index (Phi) is 12.8. The molecule has 0 aliphatic rings. The van der Waals surface area contributed by atoms with E-state index in [0.29, 0.717) is 0 Å². The summed E-state index contributed by atoms with van der Waals surface area (Å²) in [5.41, 5.74) is 6.31. The van der Waals surface area contributed by atoms with Crippen molar-refractivity contribution < 1.29 is 0 Å². The first-order chi connectivity index (χ1) is 10.1. The lowest BCUT2D eigenvalue weighted by atomic mass is 9.90. The van der Waals surface area contributed by atoms with Gasteiger partial charge in [-0.3, -0.25) is 5.01 Å². The van der Waals surface area contributed by atoms with Crippen LogP contribution in [0.4, 0.5) is 0 Å². The van der Waals surface area contributed by atoms with Crippen molar-refractivity contribution in [2.75, 3.05) is 7.05 Å². The fraction of sp³-hybridized carbons (Fsp3) is 0.889. The summed E-state index contributed by atoms with van der Waals surface area (Å²) in [4.78, 5) is 0. The lowest BCUT2D eigenvalue weighted by Crippen LogP contribution is -2.54. The highest BCUT2D eigenvalue weighted by Gasteiger charge is 2.26. The summed E-state index contributed by atoms with van der Waals surface area (Å²) < 4.78 is 0. The van der Waals surface area contributed by atoms with Crippen molar-refractivity contribution in [3.63, 3.8) is 0 Å². The summed E-state index contributed by atoms with van der Waals surface area (Å²) in [6.07, 6.45) is 16.7.